The van der Waals surface area contributed by atoms with Crippen molar-refractivity contribution in [1.29, 1.82) is 0 Å². The summed E-state index contributed by atoms with van der Waals surface area (Å²) in [6.07, 6.45) is 0. The van der Waals surface area contributed by atoms with Gasteiger partial charge in [0.25, 0.3) is 0 Å². The molecular weight excluding hydrogens is 275 g/mol. The maximum atomic E-state index is 12.1. The Morgan fingerprint density at radius 3 is 2.17 bits per heavy atom. The molecule has 18 heavy (non-hydrogen) atoms. The van der Waals surface area contributed by atoms with Gasteiger partial charge < -0.3 is 27.2 Å². The minimum Gasteiger partial charge on any atom is -0.491 e. The van der Waals surface area contributed by atoms with Gasteiger partial charge in [0.15, 0.2) is 0 Å². The van der Waals surface area contributed by atoms with E-state index in [4.69, 9.17) is 9.47 Å². The number of halogens is 3. The van der Waals surface area contributed by atoms with E-state index in [1.165, 1.54) is 19.2 Å². The molecule has 1 aromatic rings. The topological polar surface area (TPSA) is 35.5 Å². The summed E-state index contributed by atoms with van der Waals surface area (Å²) >= 11 is 0. The van der Waals surface area contributed by atoms with Crippen LogP contribution in [0, 0.1) is 0 Å². The number of benzene rings is 1. The van der Waals surface area contributed by atoms with Gasteiger partial charge in [-0.25, -0.2) is 0 Å². The molecule has 0 bridgehead atoms. The first-order valence-electron chi connectivity index (χ1n) is 4.91. The Kier molecular flexibility index (Phi) is 8.41. The number of rotatable bonds is 6. The SMILES string of the molecule is COCCOc1ccc(C(=O)[B-](F)(F)F)cc1.[K+]. The summed E-state index contributed by atoms with van der Waals surface area (Å²) in [7, 11) is 1.51. The Morgan fingerprint density at radius 2 is 1.72 bits per heavy atom. The van der Waals surface area contributed by atoms with E-state index in [1.807, 2.05) is 0 Å². The first-order chi connectivity index (χ1) is 7.95. The smallest absolute Gasteiger partial charge is 0.491 e. The van der Waals surface area contributed by atoms with Crippen LogP contribution in [0.5, 0.6) is 5.75 Å². The van der Waals surface area contributed by atoms with Crippen LogP contribution >= 0.6 is 0 Å². The number of carbonyl (C=O) groups is 1. The van der Waals surface area contributed by atoms with Crippen molar-refractivity contribution in [3.8, 4) is 5.75 Å². The van der Waals surface area contributed by atoms with E-state index in [1.54, 1.807) is 0 Å². The number of hydrogen-bond acceptors (Lipinski definition) is 3. The first-order valence-corrected chi connectivity index (χ1v) is 4.91. The maximum Gasteiger partial charge on any atom is 1.00 e. The van der Waals surface area contributed by atoms with Gasteiger partial charge in [0.05, 0.1) is 6.61 Å². The summed E-state index contributed by atoms with van der Waals surface area (Å²) in [5.41, 5.74) is -2.18. The van der Waals surface area contributed by atoms with Crippen LogP contribution in [0.1, 0.15) is 10.4 Å². The van der Waals surface area contributed by atoms with Crippen LogP contribution in [0.4, 0.5) is 12.9 Å². The molecule has 0 aliphatic rings. The molecule has 3 nitrogen and oxygen atoms in total. The monoisotopic (exact) mass is 286 g/mol. The molecule has 94 valence electrons. The molecule has 0 aromatic heterocycles. The van der Waals surface area contributed by atoms with Gasteiger partial charge in [0.2, 0.25) is 0 Å². The van der Waals surface area contributed by atoms with Gasteiger partial charge in [-0.1, -0.05) is 12.1 Å². The Morgan fingerprint density at radius 1 is 1.17 bits per heavy atom. The standard InChI is InChI=1S/C10H11BF3O3.K/c1-16-6-7-17-9-4-2-8(3-5-9)10(15)11(12,13)14;/h2-5H,6-7H2,1H3;/q-1;+1. The fourth-order valence-corrected chi connectivity index (χ4v) is 1.15. The van der Waals surface area contributed by atoms with E-state index in [9.17, 15) is 17.7 Å². The average Bonchev–Trinajstić information content (AvgIpc) is 2.28. The van der Waals surface area contributed by atoms with E-state index >= 15 is 0 Å². The Labute approximate surface area is 146 Å². The van der Waals surface area contributed by atoms with Crippen molar-refractivity contribution in [1.82, 2.24) is 0 Å². The fourth-order valence-electron chi connectivity index (χ4n) is 1.15. The molecule has 0 N–H and O–H groups in total. The molecule has 8 heteroatoms. The normalized spacial score (nSPS) is 10.7. The van der Waals surface area contributed by atoms with E-state index in [-0.39, 0.29) is 56.9 Å². The van der Waals surface area contributed by atoms with Crippen molar-refractivity contribution >= 4 is 12.7 Å². The Hall–Kier alpha value is 0.141. The third-order valence-electron chi connectivity index (χ3n) is 1.99. The van der Waals surface area contributed by atoms with Gasteiger partial charge in [-0.15, -0.1) is 0 Å². The number of ether oxygens (including phenoxy) is 2. The van der Waals surface area contributed by atoms with E-state index in [2.05, 4.69) is 0 Å². The zero-order valence-corrected chi connectivity index (χ0v) is 13.3. The molecule has 1 aromatic carbocycles. The predicted molar refractivity (Wildman–Crippen MR) is 57.2 cm³/mol. The molecular formula is C10H11BF3KO3. The molecule has 0 spiro atoms. The van der Waals surface area contributed by atoms with Crippen LogP contribution in [-0.2, 0) is 4.74 Å². The minimum absolute atomic E-state index is 0. The molecule has 0 radical (unpaired) electrons. The quantitative estimate of drug-likeness (QED) is 0.512. The molecule has 0 aliphatic heterocycles. The molecule has 1 rings (SSSR count). The second-order valence-electron chi connectivity index (χ2n) is 3.30. The van der Waals surface area contributed by atoms with Crippen molar-refractivity contribution in [3.63, 3.8) is 0 Å². The van der Waals surface area contributed by atoms with Gasteiger partial charge in [0.1, 0.15) is 18.0 Å². The van der Waals surface area contributed by atoms with Crippen LogP contribution in [0.25, 0.3) is 0 Å². The number of methoxy groups -OCH3 is 1. The summed E-state index contributed by atoms with van der Waals surface area (Å²) in [5.74, 6) is 0.397. The zero-order valence-electron chi connectivity index (χ0n) is 10.2. The molecule has 0 amide bonds. The van der Waals surface area contributed by atoms with Crippen molar-refractivity contribution in [2.24, 2.45) is 0 Å². The molecule has 0 heterocycles. The van der Waals surface area contributed by atoms with Gasteiger partial charge in [-0.05, 0) is 17.7 Å². The maximum absolute atomic E-state index is 12.1. The molecule has 0 aliphatic carbocycles. The second kappa shape index (κ2) is 8.34. The fraction of sp³-hybridized carbons (Fsp3) is 0.300. The van der Waals surface area contributed by atoms with Crippen molar-refractivity contribution in [3.05, 3.63) is 29.8 Å². The third-order valence-corrected chi connectivity index (χ3v) is 1.99. The molecule has 0 fully saturated rings. The largest absolute Gasteiger partial charge is 1.00 e. The van der Waals surface area contributed by atoms with E-state index in [0.29, 0.717) is 19.0 Å². The van der Waals surface area contributed by atoms with Crippen LogP contribution in [0.2, 0.25) is 0 Å². The summed E-state index contributed by atoms with van der Waals surface area (Å²) in [6.45, 7) is -4.80. The van der Waals surface area contributed by atoms with Crippen LogP contribution in [0.15, 0.2) is 24.3 Å². The summed E-state index contributed by atoms with van der Waals surface area (Å²) in [6, 6.07) is 4.84. The average molecular weight is 286 g/mol. The van der Waals surface area contributed by atoms with Crippen molar-refractivity contribution < 1.29 is 78.6 Å². The van der Waals surface area contributed by atoms with E-state index in [0.717, 1.165) is 12.1 Å². The van der Waals surface area contributed by atoms with Crippen LogP contribution < -0.4 is 56.1 Å². The zero-order chi connectivity index (χ0) is 12.9. The van der Waals surface area contributed by atoms with Gasteiger partial charge in [0, 0.05) is 7.11 Å². The molecule has 0 saturated heterocycles. The van der Waals surface area contributed by atoms with Crippen molar-refractivity contribution in [2.75, 3.05) is 20.3 Å². The minimum atomic E-state index is -5.48. The predicted octanol–water partition coefficient (Wildman–Crippen LogP) is -0.715. The van der Waals surface area contributed by atoms with Crippen LogP contribution in [-0.4, -0.2) is 33.0 Å². The first kappa shape index (κ1) is 18.1. The molecule has 0 unspecified atom stereocenters. The number of hydrogen-bond donors (Lipinski definition) is 0. The van der Waals surface area contributed by atoms with Crippen molar-refractivity contribution in [2.45, 2.75) is 0 Å². The van der Waals surface area contributed by atoms with Gasteiger partial charge >= 0.3 is 58.4 Å². The second-order valence-corrected chi connectivity index (χ2v) is 3.30. The van der Waals surface area contributed by atoms with E-state index < -0.39 is 12.7 Å². The molecule has 0 saturated carbocycles. The van der Waals surface area contributed by atoms with Gasteiger partial charge in [-0.2, -0.15) is 0 Å². The third kappa shape index (κ3) is 5.85. The Bertz CT molecular complexity index is 381. The van der Waals surface area contributed by atoms with Gasteiger partial charge in [-0.3, -0.25) is 0 Å². The summed E-state index contributed by atoms with van der Waals surface area (Å²) < 4.78 is 46.3. The molecule has 0 atom stereocenters. The Balaban J connectivity index is 0.00000289. The summed E-state index contributed by atoms with van der Waals surface area (Å²) in [5, 5.41) is 0. The summed E-state index contributed by atoms with van der Waals surface area (Å²) in [4.78, 5) is 10.9. The van der Waals surface area contributed by atoms with Crippen LogP contribution in [0.3, 0.4) is 0 Å². The number of carbonyl (C=O) groups excluding carboxylic acids is 1.